The average Bonchev–Trinajstić information content (AvgIpc) is 2.08. The van der Waals surface area contributed by atoms with E-state index >= 15 is 0 Å². The zero-order chi connectivity index (χ0) is 10.9. The maximum absolute atomic E-state index is 8.41. The molecule has 0 saturated heterocycles. The highest BCUT2D eigenvalue weighted by Gasteiger charge is 2.03. The van der Waals surface area contributed by atoms with Gasteiger partial charge in [0.25, 0.3) is 0 Å². The molecule has 0 fully saturated rings. The van der Waals surface area contributed by atoms with Crippen molar-refractivity contribution in [3.63, 3.8) is 0 Å². The third-order valence-electron chi connectivity index (χ3n) is 1.28. The summed E-state index contributed by atoms with van der Waals surface area (Å²) in [6.45, 7) is 8.11. The van der Waals surface area contributed by atoms with Crippen LogP contribution < -0.4 is 0 Å². The molecule has 0 aliphatic rings. The number of aliphatic hydroxyl groups is 1. The van der Waals surface area contributed by atoms with Crippen molar-refractivity contribution in [2.24, 2.45) is 4.99 Å². The van der Waals surface area contributed by atoms with Crippen molar-refractivity contribution in [1.29, 1.82) is 0 Å². The molecule has 14 heavy (non-hydrogen) atoms. The molecule has 1 N–H and O–H groups in total. The summed E-state index contributed by atoms with van der Waals surface area (Å²) in [7, 11) is 0. The van der Waals surface area contributed by atoms with Crippen molar-refractivity contribution in [2.45, 2.75) is 26.3 Å². The van der Waals surface area contributed by atoms with E-state index in [0.29, 0.717) is 26.4 Å². The third kappa shape index (κ3) is 11.6. The molecule has 0 aromatic rings. The largest absolute Gasteiger partial charge is 0.394 e. The Morgan fingerprint density at radius 2 is 1.79 bits per heavy atom. The van der Waals surface area contributed by atoms with Crippen LogP contribution in [-0.4, -0.2) is 49.9 Å². The van der Waals surface area contributed by atoms with Crippen LogP contribution >= 0.6 is 0 Å². The second-order valence-electron chi connectivity index (χ2n) is 3.89. The molecule has 0 aromatic carbocycles. The van der Waals surface area contributed by atoms with E-state index in [4.69, 9.17) is 14.6 Å². The van der Waals surface area contributed by atoms with Crippen LogP contribution in [0, 0.1) is 0 Å². The Morgan fingerprint density at radius 3 is 2.36 bits per heavy atom. The molecule has 0 aliphatic carbocycles. The Morgan fingerprint density at radius 1 is 1.14 bits per heavy atom. The maximum Gasteiger partial charge on any atom is 0.0815 e. The van der Waals surface area contributed by atoms with Crippen LogP contribution in [-0.2, 0) is 9.47 Å². The molecule has 0 aromatic heterocycles. The van der Waals surface area contributed by atoms with E-state index in [2.05, 4.69) is 4.99 Å². The first-order chi connectivity index (χ1) is 6.56. The van der Waals surface area contributed by atoms with Crippen molar-refractivity contribution in [2.75, 3.05) is 33.0 Å². The van der Waals surface area contributed by atoms with Gasteiger partial charge in [-0.1, -0.05) is 0 Å². The number of aliphatic imine (C=N–C) groups is 1. The molecule has 0 radical (unpaired) electrons. The Hall–Kier alpha value is -0.450. The van der Waals surface area contributed by atoms with Gasteiger partial charge in [0.05, 0.1) is 38.6 Å². The lowest BCUT2D eigenvalue weighted by Gasteiger charge is -2.10. The second-order valence-corrected chi connectivity index (χ2v) is 3.89. The molecule has 0 spiro atoms. The number of aliphatic hydroxyl groups excluding tert-OH is 1. The monoisotopic (exact) mass is 203 g/mol. The molecule has 0 atom stereocenters. The van der Waals surface area contributed by atoms with E-state index in [1.54, 1.807) is 6.21 Å². The van der Waals surface area contributed by atoms with Gasteiger partial charge in [0.1, 0.15) is 0 Å². The van der Waals surface area contributed by atoms with E-state index < -0.39 is 0 Å². The normalized spacial score (nSPS) is 12.6. The maximum atomic E-state index is 8.41. The minimum Gasteiger partial charge on any atom is -0.394 e. The standard InChI is InChI=1S/C10H21NO3/c1-10(2,3)11-4-6-13-8-9-14-7-5-12/h4,12H,5-9H2,1-3H3/b11-4+. The third-order valence-corrected chi connectivity index (χ3v) is 1.28. The Kier molecular flexibility index (Phi) is 7.65. The van der Waals surface area contributed by atoms with Crippen LogP contribution in [0.2, 0.25) is 0 Å². The van der Waals surface area contributed by atoms with Gasteiger partial charge in [-0.3, -0.25) is 4.99 Å². The highest BCUT2D eigenvalue weighted by Crippen LogP contribution is 2.03. The summed E-state index contributed by atoms with van der Waals surface area (Å²) in [5, 5.41) is 8.41. The smallest absolute Gasteiger partial charge is 0.0815 e. The van der Waals surface area contributed by atoms with Crippen molar-refractivity contribution in [3.8, 4) is 0 Å². The van der Waals surface area contributed by atoms with Crippen LogP contribution in [0.3, 0.4) is 0 Å². The van der Waals surface area contributed by atoms with E-state index in [-0.39, 0.29) is 12.1 Å². The lowest BCUT2D eigenvalue weighted by atomic mass is 10.1. The SMILES string of the molecule is CC(C)(C)/N=C/COCCOCCO. The molecule has 0 amide bonds. The van der Waals surface area contributed by atoms with Crippen molar-refractivity contribution in [1.82, 2.24) is 0 Å². The highest BCUT2D eigenvalue weighted by molar-refractivity contribution is 5.59. The molecule has 0 unspecified atom stereocenters. The summed E-state index contributed by atoms with van der Waals surface area (Å²) in [6.07, 6.45) is 1.77. The lowest BCUT2D eigenvalue weighted by Crippen LogP contribution is -2.12. The van der Waals surface area contributed by atoms with Gasteiger partial charge in [-0.25, -0.2) is 0 Å². The first kappa shape index (κ1) is 13.5. The summed E-state index contributed by atoms with van der Waals surface area (Å²) in [5.74, 6) is 0. The minimum absolute atomic E-state index is 0.0310. The molecular weight excluding hydrogens is 182 g/mol. The number of hydrogen-bond acceptors (Lipinski definition) is 4. The zero-order valence-electron chi connectivity index (χ0n) is 9.32. The number of hydrogen-bond donors (Lipinski definition) is 1. The Balaban J connectivity index is 3.17. The van der Waals surface area contributed by atoms with Crippen LogP contribution in [0.15, 0.2) is 4.99 Å². The fraction of sp³-hybridized carbons (Fsp3) is 0.900. The Labute approximate surface area is 85.9 Å². The molecule has 84 valence electrons. The van der Waals surface area contributed by atoms with Crippen LogP contribution in [0.25, 0.3) is 0 Å². The highest BCUT2D eigenvalue weighted by atomic mass is 16.5. The predicted molar refractivity (Wildman–Crippen MR) is 57.0 cm³/mol. The number of nitrogens with zero attached hydrogens (tertiary/aromatic N) is 1. The van der Waals surface area contributed by atoms with Gasteiger partial charge in [-0.2, -0.15) is 0 Å². The molecule has 0 rings (SSSR count). The van der Waals surface area contributed by atoms with E-state index in [1.165, 1.54) is 0 Å². The molecule has 0 aliphatic heterocycles. The molecule has 0 bridgehead atoms. The van der Waals surface area contributed by atoms with Gasteiger partial charge >= 0.3 is 0 Å². The summed E-state index contributed by atoms with van der Waals surface area (Å²) in [5.41, 5.74) is -0.0310. The van der Waals surface area contributed by atoms with Crippen molar-refractivity contribution >= 4 is 6.21 Å². The number of rotatable bonds is 7. The summed E-state index contributed by atoms with van der Waals surface area (Å²) >= 11 is 0. The zero-order valence-corrected chi connectivity index (χ0v) is 9.32. The van der Waals surface area contributed by atoms with Gasteiger partial charge in [-0.05, 0) is 20.8 Å². The average molecular weight is 203 g/mol. The molecule has 4 heteroatoms. The molecule has 4 nitrogen and oxygen atoms in total. The summed E-state index contributed by atoms with van der Waals surface area (Å²) < 4.78 is 10.2. The van der Waals surface area contributed by atoms with Gasteiger partial charge in [-0.15, -0.1) is 0 Å². The van der Waals surface area contributed by atoms with Gasteiger partial charge in [0, 0.05) is 6.21 Å². The molecule has 0 heterocycles. The first-order valence-corrected chi connectivity index (χ1v) is 4.86. The van der Waals surface area contributed by atoms with Crippen LogP contribution in [0.5, 0.6) is 0 Å². The van der Waals surface area contributed by atoms with E-state index in [0.717, 1.165) is 0 Å². The minimum atomic E-state index is -0.0310. The predicted octanol–water partition coefficient (Wildman–Crippen LogP) is 0.881. The topological polar surface area (TPSA) is 51.0 Å². The van der Waals surface area contributed by atoms with Crippen molar-refractivity contribution < 1.29 is 14.6 Å². The van der Waals surface area contributed by atoms with Crippen LogP contribution in [0.1, 0.15) is 20.8 Å². The van der Waals surface area contributed by atoms with E-state index in [9.17, 15) is 0 Å². The summed E-state index contributed by atoms with van der Waals surface area (Å²) in [4.78, 5) is 4.26. The van der Waals surface area contributed by atoms with Crippen molar-refractivity contribution in [3.05, 3.63) is 0 Å². The number of ether oxygens (including phenoxy) is 2. The Bertz CT molecular complexity index is 152. The van der Waals surface area contributed by atoms with Gasteiger partial charge in [0.15, 0.2) is 0 Å². The molecular formula is C10H21NO3. The summed E-state index contributed by atoms with van der Waals surface area (Å²) in [6, 6.07) is 0. The fourth-order valence-electron chi connectivity index (χ4n) is 0.732. The van der Waals surface area contributed by atoms with Crippen LogP contribution in [0.4, 0.5) is 0 Å². The lowest BCUT2D eigenvalue weighted by molar-refractivity contribution is 0.0441. The first-order valence-electron chi connectivity index (χ1n) is 4.86. The fourth-order valence-corrected chi connectivity index (χ4v) is 0.732. The second kappa shape index (κ2) is 7.91. The van der Waals surface area contributed by atoms with Gasteiger partial charge < -0.3 is 14.6 Å². The quantitative estimate of drug-likeness (QED) is 0.493. The van der Waals surface area contributed by atoms with Gasteiger partial charge in [0.2, 0.25) is 0 Å². The van der Waals surface area contributed by atoms with E-state index in [1.807, 2.05) is 20.8 Å². The molecule has 0 saturated carbocycles.